The highest BCUT2D eigenvalue weighted by molar-refractivity contribution is 5.77. The summed E-state index contributed by atoms with van der Waals surface area (Å²) in [6.07, 6.45) is 0. The number of nitrogens with one attached hydrogen (secondary N) is 2. The van der Waals surface area contributed by atoms with Crippen LogP contribution in [0.3, 0.4) is 0 Å². The first-order valence-electron chi connectivity index (χ1n) is 4.90. The number of amides is 1. The molecule has 0 radical (unpaired) electrons. The first kappa shape index (κ1) is 12.4. The summed E-state index contributed by atoms with van der Waals surface area (Å²) in [7, 11) is 3.16. The molecule has 1 amide bonds. The van der Waals surface area contributed by atoms with Gasteiger partial charge in [0.25, 0.3) is 0 Å². The van der Waals surface area contributed by atoms with Gasteiger partial charge in [0, 0.05) is 12.6 Å². The first-order chi connectivity index (χ1) is 7.65. The fourth-order valence-corrected chi connectivity index (χ4v) is 1.26. The molecule has 16 heavy (non-hydrogen) atoms. The Hall–Kier alpha value is -1.62. The smallest absolute Gasteiger partial charge is 0.234 e. The number of ether oxygens (including phenoxy) is 1. The number of carbonyl (C=O) groups excluding carboxylic acids is 1. The van der Waals surface area contributed by atoms with E-state index in [0.29, 0.717) is 11.3 Å². The highest BCUT2D eigenvalue weighted by Crippen LogP contribution is 2.15. The van der Waals surface area contributed by atoms with Gasteiger partial charge >= 0.3 is 0 Å². The van der Waals surface area contributed by atoms with Crippen molar-refractivity contribution in [3.05, 3.63) is 29.6 Å². The Morgan fingerprint density at radius 3 is 2.81 bits per heavy atom. The Labute approximate surface area is 93.8 Å². The van der Waals surface area contributed by atoms with E-state index < -0.39 is 0 Å². The van der Waals surface area contributed by atoms with Gasteiger partial charge in [0.1, 0.15) is 11.6 Å². The molecule has 2 N–H and O–H groups in total. The minimum Gasteiger partial charge on any atom is -0.497 e. The van der Waals surface area contributed by atoms with Crippen LogP contribution >= 0.6 is 0 Å². The monoisotopic (exact) mass is 226 g/mol. The summed E-state index contributed by atoms with van der Waals surface area (Å²) in [5.41, 5.74) is 0.668. The summed E-state index contributed by atoms with van der Waals surface area (Å²) in [5.74, 6) is -0.0687. The molecule has 0 heterocycles. The van der Waals surface area contributed by atoms with Gasteiger partial charge in [0.05, 0.1) is 13.7 Å². The van der Waals surface area contributed by atoms with Gasteiger partial charge in [-0.25, -0.2) is 4.39 Å². The van der Waals surface area contributed by atoms with E-state index in [9.17, 15) is 9.18 Å². The molecule has 4 nitrogen and oxygen atoms in total. The molecule has 0 fully saturated rings. The van der Waals surface area contributed by atoms with Crippen molar-refractivity contribution in [3.8, 4) is 5.75 Å². The first-order valence-corrected chi connectivity index (χ1v) is 4.90. The molecule has 0 aliphatic heterocycles. The van der Waals surface area contributed by atoms with Crippen LogP contribution in [-0.2, 0) is 11.3 Å². The third kappa shape index (κ3) is 3.86. The van der Waals surface area contributed by atoms with Gasteiger partial charge in [-0.15, -0.1) is 0 Å². The summed E-state index contributed by atoms with van der Waals surface area (Å²) in [6, 6.07) is 4.34. The molecule has 0 bridgehead atoms. The van der Waals surface area contributed by atoms with Gasteiger partial charge in [-0.3, -0.25) is 4.79 Å². The maximum absolute atomic E-state index is 13.1. The van der Waals surface area contributed by atoms with Crippen molar-refractivity contribution in [2.45, 2.75) is 6.54 Å². The van der Waals surface area contributed by atoms with Crippen LogP contribution in [0, 0.1) is 5.82 Å². The molecule has 0 saturated heterocycles. The molecule has 88 valence electrons. The van der Waals surface area contributed by atoms with Crippen molar-refractivity contribution in [2.24, 2.45) is 0 Å². The third-order valence-electron chi connectivity index (χ3n) is 1.99. The van der Waals surface area contributed by atoms with Crippen molar-refractivity contribution in [1.82, 2.24) is 10.6 Å². The highest BCUT2D eigenvalue weighted by Gasteiger charge is 2.03. The summed E-state index contributed by atoms with van der Waals surface area (Å²) in [4.78, 5) is 11.2. The predicted molar refractivity (Wildman–Crippen MR) is 58.7 cm³/mol. The Morgan fingerprint density at radius 2 is 2.19 bits per heavy atom. The summed E-state index contributed by atoms with van der Waals surface area (Å²) in [5, 5.41) is 5.38. The van der Waals surface area contributed by atoms with E-state index >= 15 is 0 Å². The fourth-order valence-electron chi connectivity index (χ4n) is 1.26. The number of methoxy groups -OCH3 is 1. The lowest BCUT2D eigenvalue weighted by molar-refractivity contribution is -0.120. The second-order valence-corrected chi connectivity index (χ2v) is 3.31. The Morgan fingerprint density at radius 1 is 1.44 bits per heavy atom. The molecular formula is C11H15FN2O2. The molecule has 1 aromatic rings. The molecule has 5 heteroatoms. The van der Waals surface area contributed by atoms with E-state index in [4.69, 9.17) is 4.74 Å². The lowest BCUT2D eigenvalue weighted by atomic mass is 10.2. The number of halogens is 1. The van der Waals surface area contributed by atoms with Crippen molar-refractivity contribution in [2.75, 3.05) is 20.7 Å². The van der Waals surface area contributed by atoms with Crippen LogP contribution in [0.4, 0.5) is 4.39 Å². The lowest BCUT2D eigenvalue weighted by Crippen LogP contribution is -2.31. The topological polar surface area (TPSA) is 50.4 Å². The summed E-state index contributed by atoms with van der Waals surface area (Å²) in [6.45, 7) is 0.529. The van der Waals surface area contributed by atoms with Crippen LogP contribution in [0.2, 0.25) is 0 Å². The standard InChI is InChI=1S/C11H15FN2O2/c1-13-7-11(15)14-6-8-3-9(12)5-10(4-8)16-2/h3-5,13H,6-7H2,1-2H3,(H,14,15). The predicted octanol–water partition coefficient (Wildman–Crippen LogP) is 0.670. The van der Waals surface area contributed by atoms with E-state index in [1.165, 1.54) is 19.2 Å². The minimum atomic E-state index is -0.378. The van der Waals surface area contributed by atoms with Gasteiger partial charge in [-0.1, -0.05) is 0 Å². The Bertz CT molecular complexity index is 369. The number of hydrogen-bond acceptors (Lipinski definition) is 3. The average Bonchev–Trinajstić information content (AvgIpc) is 2.26. The van der Waals surface area contributed by atoms with Crippen LogP contribution < -0.4 is 15.4 Å². The van der Waals surface area contributed by atoms with Crippen LogP contribution in [0.15, 0.2) is 18.2 Å². The Balaban J connectivity index is 2.59. The molecule has 0 atom stereocenters. The lowest BCUT2D eigenvalue weighted by Gasteiger charge is -2.07. The van der Waals surface area contributed by atoms with Crippen molar-refractivity contribution in [3.63, 3.8) is 0 Å². The second-order valence-electron chi connectivity index (χ2n) is 3.31. The molecule has 1 rings (SSSR count). The van der Waals surface area contributed by atoms with Crippen LogP contribution in [0.1, 0.15) is 5.56 Å². The summed E-state index contributed by atoms with van der Waals surface area (Å²) >= 11 is 0. The maximum atomic E-state index is 13.1. The van der Waals surface area contributed by atoms with E-state index in [-0.39, 0.29) is 24.8 Å². The van der Waals surface area contributed by atoms with Crippen molar-refractivity contribution < 1.29 is 13.9 Å². The van der Waals surface area contributed by atoms with Gasteiger partial charge < -0.3 is 15.4 Å². The minimum absolute atomic E-state index is 0.134. The van der Waals surface area contributed by atoms with E-state index in [2.05, 4.69) is 10.6 Å². The Kier molecular flexibility index (Phi) is 4.72. The molecule has 0 unspecified atom stereocenters. The molecular weight excluding hydrogens is 211 g/mol. The third-order valence-corrected chi connectivity index (χ3v) is 1.99. The zero-order valence-electron chi connectivity index (χ0n) is 9.34. The van der Waals surface area contributed by atoms with Gasteiger partial charge in [0.2, 0.25) is 5.91 Å². The van der Waals surface area contributed by atoms with Gasteiger partial charge in [0.15, 0.2) is 0 Å². The fraction of sp³-hybridized carbons (Fsp3) is 0.364. The quantitative estimate of drug-likeness (QED) is 0.776. The average molecular weight is 226 g/mol. The molecule has 0 aliphatic rings. The maximum Gasteiger partial charge on any atom is 0.234 e. The largest absolute Gasteiger partial charge is 0.497 e. The number of carbonyl (C=O) groups is 1. The normalized spacial score (nSPS) is 9.94. The molecule has 1 aromatic carbocycles. The van der Waals surface area contributed by atoms with E-state index in [1.807, 2.05) is 0 Å². The van der Waals surface area contributed by atoms with Gasteiger partial charge in [-0.05, 0) is 24.7 Å². The number of likely N-dealkylation sites (N-methyl/N-ethyl adjacent to an activating group) is 1. The van der Waals surface area contributed by atoms with Crippen LogP contribution in [0.5, 0.6) is 5.75 Å². The van der Waals surface area contributed by atoms with Crippen molar-refractivity contribution in [1.29, 1.82) is 0 Å². The molecule has 0 aromatic heterocycles. The summed E-state index contributed by atoms with van der Waals surface area (Å²) < 4.78 is 18.0. The highest BCUT2D eigenvalue weighted by atomic mass is 19.1. The molecule has 0 aliphatic carbocycles. The number of hydrogen-bond donors (Lipinski definition) is 2. The zero-order valence-corrected chi connectivity index (χ0v) is 9.34. The zero-order chi connectivity index (χ0) is 12.0. The SMILES string of the molecule is CNCC(=O)NCc1cc(F)cc(OC)c1. The second kappa shape index (κ2) is 6.07. The van der Waals surface area contributed by atoms with Crippen molar-refractivity contribution >= 4 is 5.91 Å². The number of rotatable bonds is 5. The van der Waals surface area contributed by atoms with Gasteiger partial charge in [-0.2, -0.15) is 0 Å². The van der Waals surface area contributed by atoms with Crippen LogP contribution in [0.25, 0.3) is 0 Å². The van der Waals surface area contributed by atoms with E-state index in [0.717, 1.165) is 0 Å². The molecule has 0 spiro atoms. The van der Waals surface area contributed by atoms with E-state index in [1.54, 1.807) is 13.1 Å². The number of benzene rings is 1. The van der Waals surface area contributed by atoms with Crippen LogP contribution in [-0.4, -0.2) is 26.6 Å². The molecule has 0 saturated carbocycles.